The van der Waals surface area contributed by atoms with Crippen LogP contribution in [0.3, 0.4) is 0 Å². The average molecular weight is 313 g/mol. The highest BCUT2D eigenvalue weighted by Gasteiger charge is 2.45. The number of hydrogen-bond donors (Lipinski definition) is 3. The maximum atomic E-state index is 11.8. The summed E-state index contributed by atoms with van der Waals surface area (Å²) in [7, 11) is 1.63. The maximum absolute atomic E-state index is 11.8. The molecule has 1 saturated carbocycles. The fourth-order valence-electron chi connectivity index (χ4n) is 2.41. The van der Waals surface area contributed by atoms with Gasteiger partial charge >= 0.3 is 0 Å². The molecule has 1 amide bonds. The second kappa shape index (κ2) is 5.85. The van der Waals surface area contributed by atoms with E-state index in [0.29, 0.717) is 21.9 Å². The predicted molar refractivity (Wildman–Crippen MR) is 88.9 cm³/mol. The third-order valence-electron chi connectivity index (χ3n) is 4.25. The molecule has 6 heteroatoms. The molecule has 4 N–H and O–H groups in total. The number of thioether (sulfide) groups is 1. The van der Waals surface area contributed by atoms with Crippen LogP contribution in [-0.4, -0.2) is 25.8 Å². The van der Waals surface area contributed by atoms with Crippen molar-refractivity contribution < 1.29 is 4.79 Å². The molecule has 0 saturated heterocycles. The Morgan fingerprint density at radius 1 is 1.50 bits per heavy atom. The Bertz CT molecular complexity index is 507. The zero-order valence-corrected chi connectivity index (χ0v) is 14.1. The Morgan fingerprint density at radius 2 is 2.15 bits per heavy atom. The molecular formula is C14H23N3OS2. The molecule has 4 nitrogen and oxygen atoms in total. The minimum absolute atomic E-state index is 0.110. The Kier molecular flexibility index (Phi) is 4.54. The minimum atomic E-state index is -0.110. The Morgan fingerprint density at radius 3 is 2.60 bits per heavy atom. The van der Waals surface area contributed by atoms with Gasteiger partial charge in [-0.3, -0.25) is 4.79 Å². The van der Waals surface area contributed by atoms with Crippen LogP contribution < -0.4 is 16.4 Å². The van der Waals surface area contributed by atoms with Crippen LogP contribution in [0.4, 0.5) is 10.7 Å². The molecule has 0 spiro atoms. The molecule has 112 valence electrons. The van der Waals surface area contributed by atoms with Gasteiger partial charge in [0.15, 0.2) is 0 Å². The van der Waals surface area contributed by atoms with Crippen LogP contribution in [0.1, 0.15) is 36.4 Å². The van der Waals surface area contributed by atoms with Gasteiger partial charge in [0.1, 0.15) is 9.88 Å². The maximum Gasteiger partial charge on any atom is 0.263 e. The van der Waals surface area contributed by atoms with Crippen LogP contribution in [0.2, 0.25) is 0 Å². The molecule has 1 aliphatic rings. The Balaban J connectivity index is 2.17. The first-order chi connectivity index (χ1) is 9.45. The lowest BCUT2D eigenvalue weighted by Gasteiger charge is -2.20. The molecular weight excluding hydrogens is 290 g/mol. The fraction of sp³-hybridized carbons (Fsp3) is 0.643. The Labute approximate surface area is 128 Å². The molecule has 0 aromatic carbocycles. The average Bonchev–Trinajstić information content (AvgIpc) is 3.15. The number of carbonyl (C=O) groups is 1. The number of nitrogens with one attached hydrogen (secondary N) is 2. The van der Waals surface area contributed by atoms with E-state index in [1.807, 2.05) is 6.26 Å². The van der Waals surface area contributed by atoms with Crippen molar-refractivity contribution in [3.8, 4) is 0 Å². The summed E-state index contributed by atoms with van der Waals surface area (Å²) in [6.45, 7) is 5.52. The van der Waals surface area contributed by atoms with Crippen molar-refractivity contribution in [2.45, 2.75) is 31.6 Å². The number of thiophene rings is 1. The van der Waals surface area contributed by atoms with Gasteiger partial charge in [-0.2, -0.15) is 0 Å². The summed E-state index contributed by atoms with van der Waals surface area (Å²) >= 11 is 3.05. The molecule has 0 aliphatic heterocycles. The van der Waals surface area contributed by atoms with Crippen LogP contribution >= 0.6 is 23.1 Å². The van der Waals surface area contributed by atoms with Gasteiger partial charge in [-0.15, -0.1) is 23.1 Å². The number of rotatable bonds is 6. The van der Waals surface area contributed by atoms with Crippen LogP contribution in [0.25, 0.3) is 0 Å². The lowest BCUT2D eigenvalue weighted by molar-refractivity contribution is 0.0968. The number of nitrogen functional groups attached to an aromatic ring is 1. The van der Waals surface area contributed by atoms with E-state index in [-0.39, 0.29) is 5.91 Å². The summed E-state index contributed by atoms with van der Waals surface area (Å²) in [5.41, 5.74) is 7.12. The third kappa shape index (κ3) is 2.76. The smallest absolute Gasteiger partial charge is 0.263 e. The first kappa shape index (κ1) is 15.5. The molecule has 1 fully saturated rings. The highest BCUT2D eigenvalue weighted by atomic mass is 32.2. The largest absolute Gasteiger partial charge is 0.396 e. The number of anilines is 2. The number of amides is 1. The third-order valence-corrected chi connectivity index (χ3v) is 6.38. The van der Waals surface area contributed by atoms with E-state index in [1.165, 1.54) is 24.2 Å². The second-order valence-corrected chi connectivity index (χ2v) is 7.49. The van der Waals surface area contributed by atoms with E-state index in [2.05, 4.69) is 24.5 Å². The molecule has 0 bridgehead atoms. The van der Waals surface area contributed by atoms with Crippen LogP contribution in [0.15, 0.2) is 4.90 Å². The highest BCUT2D eigenvalue weighted by Crippen LogP contribution is 2.52. The first-order valence-electron chi connectivity index (χ1n) is 6.87. The normalized spacial score (nSPS) is 16.2. The van der Waals surface area contributed by atoms with Gasteiger partial charge in [-0.25, -0.2) is 0 Å². The Hall–Kier alpha value is -0.880. The summed E-state index contributed by atoms with van der Waals surface area (Å²) in [6, 6.07) is 0. The molecule has 20 heavy (non-hydrogen) atoms. The van der Waals surface area contributed by atoms with E-state index in [0.717, 1.165) is 16.4 Å². The minimum Gasteiger partial charge on any atom is -0.396 e. The van der Waals surface area contributed by atoms with Gasteiger partial charge in [0.25, 0.3) is 5.91 Å². The summed E-state index contributed by atoms with van der Waals surface area (Å²) in [6.07, 6.45) is 4.57. The van der Waals surface area contributed by atoms with E-state index < -0.39 is 0 Å². The molecule has 1 heterocycles. The number of hydrogen-bond acceptors (Lipinski definition) is 5. The number of carbonyl (C=O) groups excluding carboxylic acids is 1. The monoisotopic (exact) mass is 313 g/mol. The van der Waals surface area contributed by atoms with Gasteiger partial charge < -0.3 is 16.4 Å². The molecule has 1 aromatic rings. The van der Waals surface area contributed by atoms with E-state index in [4.69, 9.17) is 5.73 Å². The van der Waals surface area contributed by atoms with Crippen molar-refractivity contribution in [3.05, 3.63) is 4.88 Å². The summed E-state index contributed by atoms with van der Waals surface area (Å²) < 4.78 is 0. The van der Waals surface area contributed by atoms with Gasteiger partial charge in [0.2, 0.25) is 0 Å². The lowest BCUT2D eigenvalue weighted by Crippen LogP contribution is -2.20. The van der Waals surface area contributed by atoms with Crippen molar-refractivity contribution in [1.29, 1.82) is 0 Å². The van der Waals surface area contributed by atoms with Gasteiger partial charge in [-0.05, 0) is 30.4 Å². The van der Waals surface area contributed by atoms with Gasteiger partial charge in [0, 0.05) is 13.6 Å². The number of nitrogens with two attached hydrogens (primary N) is 1. The second-order valence-electron chi connectivity index (χ2n) is 5.66. The topological polar surface area (TPSA) is 67.2 Å². The predicted octanol–water partition coefficient (Wildman–Crippen LogP) is 3.26. The molecule has 0 atom stereocenters. The zero-order chi connectivity index (χ0) is 14.9. The molecule has 1 aliphatic carbocycles. The zero-order valence-electron chi connectivity index (χ0n) is 12.5. The summed E-state index contributed by atoms with van der Waals surface area (Å²) in [4.78, 5) is 13.4. The van der Waals surface area contributed by atoms with Crippen LogP contribution in [-0.2, 0) is 0 Å². The summed E-state index contributed by atoms with van der Waals surface area (Å²) in [5.74, 6) is 0.573. The van der Waals surface area contributed by atoms with Gasteiger partial charge in [0.05, 0.1) is 10.6 Å². The summed E-state index contributed by atoms with van der Waals surface area (Å²) in [5, 5.41) is 7.20. The fourth-order valence-corrected chi connectivity index (χ4v) is 4.38. The molecule has 1 aromatic heterocycles. The van der Waals surface area contributed by atoms with Gasteiger partial charge in [-0.1, -0.05) is 13.8 Å². The lowest BCUT2D eigenvalue weighted by atomic mass is 9.92. The van der Waals surface area contributed by atoms with E-state index in [1.54, 1.807) is 18.8 Å². The molecule has 0 radical (unpaired) electrons. The highest BCUT2D eigenvalue weighted by molar-refractivity contribution is 7.99. The van der Waals surface area contributed by atoms with Crippen molar-refractivity contribution in [1.82, 2.24) is 5.32 Å². The standard InChI is InChI=1S/C14H23N3OS2/c1-8(2)14(5-6-14)7-17-13-11(19-4)9(15)10(20-13)12(18)16-3/h8,17H,5-7,15H2,1-4H3,(H,16,18). The van der Waals surface area contributed by atoms with Crippen molar-refractivity contribution in [2.75, 3.05) is 30.9 Å². The van der Waals surface area contributed by atoms with Crippen LogP contribution in [0, 0.1) is 11.3 Å². The SMILES string of the molecule is CNC(=O)c1sc(NCC2(C(C)C)CC2)c(SC)c1N. The first-order valence-corrected chi connectivity index (χ1v) is 8.91. The van der Waals surface area contributed by atoms with E-state index >= 15 is 0 Å². The quantitative estimate of drug-likeness (QED) is 0.705. The van der Waals surface area contributed by atoms with Crippen molar-refractivity contribution >= 4 is 39.7 Å². The van der Waals surface area contributed by atoms with Crippen molar-refractivity contribution in [2.24, 2.45) is 11.3 Å². The van der Waals surface area contributed by atoms with E-state index in [9.17, 15) is 4.79 Å². The van der Waals surface area contributed by atoms with Crippen LogP contribution in [0.5, 0.6) is 0 Å². The molecule has 2 rings (SSSR count). The van der Waals surface area contributed by atoms with Crippen molar-refractivity contribution in [3.63, 3.8) is 0 Å². The molecule has 0 unspecified atom stereocenters.